The average molecular weight is 2100 g/mol. The molecule has 16 atom stereocenters. The lowest BCUT2D eigenvalue weighted by molar-refractivity contribution is -0.154. The monoisotopic (exact) mass is 2100 g/mol. The number of hydrogen-bond donors (Lipinski definition) is 10. The fourth-order valence-corrected chi connectivity index (χ4v) is 25.2. The van der Waals surface area contributed by atoms with Crippen LogP contribution >= 0.6 is 11.6 Å². The van der Waals surface area contributed by atoms with Gasteiger partial charge in [0, 0.05) is 58.7 Å². The highest BCUT2D eigenvalue weighted by atomic mass is 35.5. The summed E-state index contributed by atoms with van der Waals surface area (Å²) in [5.41, 5.74) is -5.07. The summed E-state index contributed by atoms with van der Waals surface area (Å²) in [6.07, 6.45) is -7.03. The summed E-state index contributed by atoms with van der Waals surface area (Å²) in [7, 11) is 0. The van der Waals surface area contributed by atoms with Gasteiger partial charge in [0.05, 0.1) is 149 Å². The number of imide groups is 8. The summed E-state index contributed by atoms with van der Waals surface area (Å²) < 4.78 is 141. The Kier molecular flexibility index (Phi) is 25.0. The van der Waals surface area contributed by atoms with Crippen LogP contribution in [0.15, 0.2) is 42.4 Å². The summed E-state index contributed by atoms with van der Waals surface area (Å²) in [4.78, 5) is 216. The number of urea groups is 4. The average Bonchev–Trinajstić information content (AvgIpc) is 1.70. The third-order valence-electron chi connectivity index (χ3n) is 30.5. The number of alkyl halides is 2. The molecule has 0 bridgehead atoms. The molecule has 16 aliphatic heterocycles. The van der Waals surface area contributed by atoms with Crippen molar-refractivity contribution < 1.29 is 165 Å². The Balaban J connectivity index is 0.000000116. The van der Waals surface area contributed by atoms with Crippen molar-refractivity contribution >= 4 is 197 Å². The van der Waals surface area contributed by atoms with Gasteiger partial charge in [-0.05, 0) is 140 Å². The molecule has 20 amide bonds. The molecule has 149 heavy (non-hydrogen) atoms. The van der Waals surface area contributed by atoms with Crippen LogP contribution in [0, 0.1) is 39.1 Å². The van der Waals surface area contributed by atoms with Gasteiger partial charge < -0.3 is 85.8 Å². The molecule has 24 rings (SSSR count). The van der Waals surface area contributed by atoms with Crippen molar-refractivity contribution in [2.75, 3.05) is 118 Å². The number of ether oxygens (including phenoxy) is 8. The Labute approximate surface area is 841 Å². The zero-order valence-electron chi connectivity index (χ0n) is 80.4. The highest BCUT2D eigenvalue weighted by Gasteiger charge is 2.69. The number of anilines is 8. The van der Waals surface area contributed by atoms with Gasteiger partial charge in [0.25, 0.3) is 0 Å². The van der Waals surface area contributed by atoms with Gasteiger partial charge in [-0.1, -0.05) is 32.2 Å². The number of aromatic nitrogens is 4. The van der Waals surface area contributed by atoms with Gasteiger partial charge in [0.15, 0.2) is 68.0 Å². The number of amides is 20. The second kappa shape index (κ2) is 37.2. The molecule has 4 aromatic heterocycles. The summed E-state index contributed by atoms with van der Waals surface area (Å²) >= 11 is 6.84. The number of rotatable bonds is 13. The van der Waals surface area contributed by atoms with Crippen LogP contribution in [0.4, 0.5) is 106 Å². The van der Waals surface area contributed by atoms with Crippen LogP contribution in [0.1, 0.15) is 110 Å². The number of halogens is 6. The van der Waals surface area contributed by atoms with E-state index in [1.54, 1.807) is 81.4 Å². The number of morpholine rings is 4. The van der Waals surface area contributed by atoms with E-state index >= 15 is 13.2 Å². The van der Waals surface area contributed by atoms with E-state index in [4.69, 9.17) is 67.6 Å². The lowest BCUT2D eigenvalue weighted by atomic mass is 9.66. The third kappa shape index (κ3) is 15.4. The number of fused-ring (bicyclic) bond motifs is 20. The van der Waals surface area contributed by atoms with Crippen molar-refractivity contribution in [2.24, 2.45) is 21.7 Å². The number of hydrogen-bond acceptors (Lipinski definition) is 38. The fraction of sp³-hybridized carbons (Fsp3) is 0.527. The van der Waals surface area contributed by atoms with Crippen LogP contribution in [0.5, 0.6) is 0 Å². The molecule has 56 heteroatoms. The minimum Gasteiger partial charge on any atom is -0.447 e. The Morgan fingerprint density at radius 3 is 0.946 bits per heavy atom. The van der Waals surface area contributed by atoms with E-state index in [1.165, 1.54) is 20.8 Å². The van der Waals surface area contributed by atoms with Crippen LogP contribution in [0.3, 0.4) is 0 Å². The first-order valence-electron chi connectivity index (χ1n) is 48.1. The molecule has 0 radical (unpaired) electrons. The molecule has 50 nitrogen and oxygen atoms in total. The molecule has 20 heterocycles. The zero-order valence-corrected chi connectivity index (χ0v) is 81.1. The summed E-state index contributed by atoms with van der Waals surface area (Å²) in [5, 5.41) is 53.1. The zero-order chi connectivity index (χ0) is 106. The van der Waals surface area contributed by atoms with Gasteiger partial charge in [-0.15, -0.1) is 0 Å². The summed E-state index contributed by atoms with van der Waals surface area (Å²) in [6, 6.07) is -2.42. The van der Waals surface area contributed by atoms with Gasteiger partial charge >= 0.3 is 48.5 Å². The van der Waals surface area contributed by atoms with Crippen molar-refractivity contribution in [3.63, 3.8) is 0 Å². The highest BCUT2D eigenvalue weighted by Crippen LogP contribution is 2.58. The van der Waals surface area contributed by atoms with E-state index in [1.807, 2.05) is 11.8 Å². The largest absolute Gasteiger partial charge is 0.447 e. The van der Waals surface area contributed by atoms with Gasteiger partial charge in [-0.25, -0.2) is 55.9 Å². The van der Waals surface area contributed by atoms with Crippen molar-refractivity contribution in [3.05, 3.63) is 69.0 Å². The number of barbiturate groups is 4. The molecule has 8 aromatic rings. The lowest BCUT2D eigenvalue weighted by Crippen LogP contribution is -2.75. The van der Waals surface area contributed by atoms with E-state index in [-0.39, 0.29) is 206 Å². The van der Waals surface area contributed by atoms with E-state index < -0.39 is 221 Å². The van der Waals surface area contributed by atoms with Crippen LogP contribution in [-0.2, 0) is 102 Å². The molecule has 16 aliphatic rings. The van der Waals surface area contributed by atoms with Gasteiger partial charge in [0.2, 0.25) is 64.0 Å². The lowest BCUT2D eigenvalue weighted by Gasteiger charge is -2.55. The van der Waals surface area contributed by atoms with Crippen LogP contribution in [0.2, 0.25) is 5.02 Å². The molecular weight excluding hydrogens is 2010 g/mol. The number of aliphatic hydroxyl groups is 2. The second-order valence-electron chi connectivity index (χ2n) is 39.6. The maximum atomic E-state index is 16.2. The van der Waals surface area contributed by atoms with Crippen molar-refractivity contribution in [2.45, 2.75) is 210 Å². The highest BCUT2D eigenvalue weighted by molar-refractivity contribution is 6.38. The second-order valence-corrected chi connectivity index (χ2v) is 40.0. The number of nitrogens with one attached hydrogen (secondary N) is 8. The number of carbonyl (C=O) groups is 16. The smallest absolute Gasteiger partial charge is 0.416 e. The fourth-order valence-electron chi connectivity index (χ4n) is 24.8. The Bertz CT molecular complexity index is 6820. The maximum absolute atomic E-state index is 16.2. The molecule has 0 aliphatic carbocycles. The van der Waals surface area contributed by atoms with Crippen molar-refractivity contribution in [1.82, 2.24) is 63.2 Å². The molecule has 12 fully saturated rings. The van der Waals surface area contributed by atoms with Crippen LogP contribution in [-0.4, -0.2) is 303 Å². The molecule has 12 saturated heterocycles. The van der Waals surface area contributed by atoms with Crippen LogP contribution in [0.25, 0.3) is 43.9 Å². The maximum Gasteiger partial charge on any atom is 0.416 e. The number of cyclic esters (lactones) is 4. The molecule has 4 spiro atoms. The predicted molar refractivity (Wildman–Crippen MR) is 496 cm³/mol. The van der Waals surface area contributed by atoms with Crippen molar-refractivity contribution in [3.8, 4) is 0 Å². The topological polar surface area (TPSA) is 614 Å². The van der Waals surface area contributed by atoms with E-state index in [9.17, 15) is 95.7 Å². The third-order valence-corrected chi connectivity index (χ3v) is 30.8. The number of nitrogens with zero attached hydrogens (tertiary/aromatic N) is 12. The minimum absolute atomic E-state index is 0.000621. The van der Waals surface area contributed by atoms with E-state index in [2.05, 4.69) is 63.2 Å². The summed E-state index contributed by atoms with van der Waals surface area (Å²) in [5.74, 6) is -8.42. The minimum atomic E-state index is -1.80. The van der Waals surface area contributed by atoms with Gasteiger partial charge in [0.1, 0.15) is 37.6 Å². The number of carbonyl (C=O) groups excluding carboxylic acids is 16. The Hall–Kier alpha value is -14.8. The molecule has 790 valence electrons. The molecule has 4 aromatic carbocycles. The molecule has 10 N–H and O–H groups in total. The normalized spacial score (nSPS) is 28.6. The Morgan fingerprint density at radius 1 is 0.369 bits per heavy atom. The SMILES string of the molecule is C[C@@H]1CN2c3c(cc4c(N5C(=O)OC[C@@H]5CCCF)noc4c3F)CC3(C(=O)NC(=O)NC3=O)[C@H]2[C@H](C)O1.C[C@@H]1CN2c3c(cc4c(N5C(=O)OC[C@@H]5CCCO)noc4c3F)CC3(C(=O)NC(=O)NC3=O)[C@H]2[C@H](C)O1.C[C@@H]1CN2c3c(cc4c(N5C(=O)OC[C@@H]5CCO)noc4c3F)CC3(C(=O)NC(=O)NC3=O)[C@H]2[C@H](C)O1.C[C@@H]1CN2c3c(cc4c(N5C[C@@H](CF)OC5=O)noc4c3Cl)CC3(C(=O)NC(=O)NC3=O)[C@H]2[C@H](C)O1. The predicted octanol–water partition coefficient (Wildman–Crippen LogP) is 5.12. The first-order valence-corrected chi connectivity index (χ1v) is 48.5. The van der Waals surface area contributed by atoms with E-state index in [0.29, 0.717) is 59.1 Å². The van der Waals surface area contributed by atoms with Gasteiger partial charge in [-0.3, -0.25) is 105 Å². The number of aliphatic hydroxyl groups excluding tert-OH is 2. The first-order chi connectivity index (χ1) is 71.2. The van der Waals surface area contributed by atoms with Crippen molar-refractivity contribution in [1.29, 1.82) is 0 Å². The van der Waals surface area contributed by atoms with Crippen LogP contribution < -0.4 is 81.7 Å². The number of benzene rings is 4. The standard InChI is InChI=1S/C24H25F2N5O7.C24H26FN5O8.C23H24FN5O8.C22H21ClFN5O7/c1-10-8-30-16-12(7-24(18(30)11(2)37-10)20(32)27-22(34)28-21(24)33)6-14-17(15(16)26)38-29-19(14)31-13(4-3-5-25)9-36-23(31)35;1-10-8-29-16-12(7-24(18(29)11(2)37-10)20(32)26-22(34)27-21(24)33)6-14-17(15(16)25)38-28-19(14)30-13(4-3-5-31)9-36-23(30)35;1-9-7-28-15-11(6-23(17(28)10(2)36-9)19(31)25-21(33)26-20(23)32)5-13-16(14(15)24)37-27-18(13)29-12(3-4-30)8-35-22(29)34;1-8-6-28-14-10(4-22(16(28)9(2)34-8)18(30)25-20(32)26-19(22)31)3-12-15(13(14)23)36-27-17(12)29-7-11(5-24)35-21(29)33/h6,10-11,13,18H,3-5,7-9H2,1-2H3,(H2,27,28,32,33,34);6,10-11,13,18,31H,3-5,7-9H2,1-2H3,(H2,26,27,32,33,34);5,9-10,12,17,30H,3-4,6-8H2,1-2H3,(H2,25,26,31,32,33);3,8-9,11,16H,4-7H2,1-2H3,(H2,25,26,30,31,32)/t2*10-,11+,13+,18-;9-,10+,12+,17-;8-,9+,11-,16-/m1111/s1. The van der Waals surface area contributed by atoms with Gasteiger partial charge in [-0.2, -0.15) is 0 Å². The Morgan fingerprint density at radius 2 is 0.651 bits per heavy atom. The first kappa shape index (κ1) is 100. The summed E-state index contributed by atoms with van der Waals surface area (Å²) in [6.45, 7) is 13.2. The molecule has 0 saturated carbocycles. The van der Waals surface area contributed by atoms with E-state index in [0.717, 1.165) is 4.90 Å². The quantitative estimate of drug-likeness (QED) is 0.0407. The molecular formula is C93H96ClF5N20O30. The molecule has 0 unspecified atom stereocenters.